The fraction of sp³-hybridized carbons (Fsp3) is 0.722. The number of carbonyl (C=O) groups excluding carboxylic acids is 2. The summed E-state index contributed by atoms with van der Waals surface area (Å²) in [6.45, 7) is 13.1. The predicted octanol–water partition coefficient (Wildman–Crippen LogP) is 1.78. The van der Waals surface area contributed by atoms with Crippen molar-refractivity contribution in [3.05, 3.63) is 11.7 Å². The van der Waals surface area contributed by atoms with Gasteiger partial charge in [-0.15, -0.1) is 0 Å². The third kappa shape index (κ3) is 4.25. The van der Waals surface area contributed by atoms with Crippen molar-refractivity contribution in [2.45, 2.75) is 71.7 Å². The SMILES string of the molecule is CCOC(=O)C1(C)OCC(=N/C=C(\CC)B2OC(C)(C)C(C)(C)O2)NC1=O. The van der Waals surface area contributed by atoms with E-state index >= 15 is 0 Å². The van der Waals surface area contributed by atoms with Gasteiger partial charge in [0.05, 0.1) is 17.8 Å². The Labute approximate surface area is 160 Å². The Morgan fingerprint density at radius 2 is 1.81 bits per heavy atom. The molecule has 8 nitrogen and oxygen atoms in total. The third-order valence-electron chi connectivity index (χ3n) is 5.20. The van der Waals surface area contributed by atoms with Crippen molar-refractivity contribution < 1.29 is 28.4 Å². The van der Waals surface area contributed by atoms with Crippen molar-refractivity contribution in [1.29, 1.82) is 0 Å². The molecule has 0 radical (unpaired) electrons. The number of nitrogens with one attached hydrogen (secondary N) is 1. The molecule has 0 aromatic rings. The van der Waals surface area contributed by atoms with Crippen molar-refractivity contribution >= 4 is 24.8 Å². The van der Waals surface area contributed by atoms with Crippen LogP contribution in [-0.4, -0.2) is 54.8 Å². The zero-order valence-corrected chi connectivity index (χ0v) is 17.2. The number of ether oxygens (including phenoxy) is 2. The maximum Gasteiger partial charge on any atom is 0.492 e. The molecule has 0 bridgehead atoms. The number of nitrogens with zero attached hydrogens (tertiary/aromatic N) is 1. The molecule has 27 heavy (non-hydrogen) atoms. The molecule has 0 saturated carbocycles. The molecule has 2 rings (SSSR count). The maximum absolute atomic E-state index is 12.3. The molecule has 1 unspecified atom stereocenters. The van der Waals surface area contributed by atoms with Gasteiger partial charge in [0, 0.05) is 6.20 Å². The molecule has 2 heterocycles. The molecule has 2 aliphatic heterocycles. The Hall–Kier alpha value is -1.71. The highest BCUT2D eigenvalue weighted by molar-refractivity contribution is 6.54. The van der Waals surface area contributed by atoms with Crippen LogP contribution in [0, 0.1) is 0 Å². The molecule has 1 atom stereocenters. The second-order valence-electron chi connectivity index (χ2n) is 7.72. The second-order valence-corrected chi connectivity index (χ2v) is 7.72. The van der Waals surface area contributed by atoms with Gasteiger partial charge in [-0.05, 0) is 53.4 Å². The van der Waals surface area contributed by atoms with Gasteiger partial charge in [0.25, 0.3) is 5.91 Å². The summed E-state index contributed by atoms with van der Waals surface area (Å²) in [6, 6.07) is 0. The Kier molecular flexibility index (Phi) is 6.18. The van der Waals surface area contributed by atoms with E-state index in [4.69, 9.17) is 18.8 Å². The van der Waals surface area contributed by atoms with Gasteiger partial charge in [-0.25, -0.2) is 9.79 Å². The number of amidine groups is 1. The lowest BCUT2D eigenvalue weighted by atomic mass is 9.77. The number of allylic oxidation sites excluding steroid dienone is 1. The average molecular weight is 380 g/mol. The molecular weight excluding hydrogens is 351 g/mol. The number of morpholine rings is 1. The summed E-state index contributed by atoms with van der Waals surface area (Å²) in [7, 11) is -0.505. The van der Waals surface area contributed by atoms with Crippen LogP contribution in [0.3, 0.4) is 0 Å². The summed E-state index contributed by atoms with van der Waals surface area (Å²) in [4.78, 5) is 28.5. The molecule has 0 spiro atoms. The Bertz CT molecular complexity index is 657. The van der Waals surface area contributed by atoms with Gasteiger partial charge >= 0.3 is 13.1 Å². The topological polar surface area (TPSA) is 95.5 Å². The summed E-state index contributed by atoms with van der Waals surface area (Å²) in [6.07, 6.45) is 2.29. The molecule has 0 aromatic carbocycles. The second kappa shape index (κ2) is 7.73. The van der Waals surface area contributed by atoms with E-state index in [1.54, 1.807) is 13.1 Å². The van der Waals surface area contributed by atoms with E-state index in [2.05, 4.69) is 10.3 Å². The number of esters is 1. The number of aliphatic imine (C=N–C) groups is 1. The minimum atomic E-state index is -1.67. The molecular formula is C18H29BN2O6. The summed E-state index contributed by atoms with van der Waals surface area (Å²) >= 11 is 0. The van der Waals surface area contributed by atoms with E-state index in [0.717, 1.165) is 5.47 Å². The average Bonchev–Trinajstić information content (AvgIpc) is 2.79. The Morgan fingerprint density at radius 1 is 1.22 bits per heavy atom. The zero-order valence-electron chi connectivity index (χ0n) is 17.2. The molecule has 9 heteroatoms. The number of rotatable bonds is 5. The van der Waals surface area contributed by atoms with Crippen molar-refractivity contribution in [3.63, 3.8) is 0 Å². The van der Waals surface area contributed by atoms with Gasteiger partial charge in [0.1, 0.15) is 12.4 Å². The van der Waals surface area contributed by atoms with E-state index in [1.807, 2.05) is 34.6 Å². The highest BCUT2D eigenvalue weighted by Gasteiger charge is 2.52. The van der Waals surface area contributed by atoms with Gasteiger partial charge < -0.3 is 24.1 Å². The van der Waals surface area contributed by atoms with Gasteiger partial charge in [-0.2, -0.15) is 0 Å². The smallest absolute Gasteiger partial charge is 0.463 e. The quantitative estimate of drug-likeness (QED) is 0.444. The largest absolute Gasteiger partial charge is 0.492 e. The third-order valence-corrected chi connectivity index (χ3v) is 5.20. The summed E-state index contributed by atoms with van der Waals surface area (Å²) in [5, 5.41) is 2.61. The molecule has 150 valence electrons. The minimum absolute atomic E-state index is 0.0160. The number of hydrogen-bond donors (Lipinski definition) is 1. The molecule has 0 aromatic heterocycles. The minimum Gasteiger partial charge on any atom is -0.463 e. The highest BCUT2D eigenvalue weighted by atomic mass is 16.7. The molecule has 0 aliphatic carbocycles. The fourth-order valence-corrected chi connectivity index (χ4v) is 2.53. The van der Waals surface area contributed by atoms with Crippen LogP contribution in [0.15, 0.2) is 16.7 Å². The van der Waals surface area contributed by atoms with Crippen molar-refractivity contribution in [1.82, 2.24) is 5.32 Å². The maximum atomic E-state index is 12.3. The van der Waals surface area contributed by atoms with Gasteiger partial charge in [-0.3, -0.25) is 4.79 Å². The van der Waals surface area contributed by atoms with Gasteiger partial charge in [-0.1, -0.05) is 6.92 Å². The Morgan fingerprint density at radius 3 is 2.30 bits per heavy atom. The molecule has 1 N–H and O–H groups in total. The lowest BCUT2D eigenvalue weighted by molar-refractivity contribution is -0.175. The summed E-state index contributed by atoms with van der Waals surface area (Å²) in [5.74, 6) is -1.01. The normalized spacial score (nSPS) is 29.0. The zero-order chi connectivity index (χ0) is 20.5. The van der Waals surface area contributed by atoms with Crippen LogP contribution in [0.2, 0.25) is 0 Å². The lowest BCUT2D eigenvalue weighted by Gasteiger charge is -2.32. The molecule has 1 amide bonds. The number of hydrogen-bond acceptors (Lipinski definition) is 7. The number of carbonyl (C=O) groups is 2. The molecule has 2 saturated heterocycles. The first kappa shape index (κ1) is 21.6. The van der Waals surface area contributed by atoms with E-state index < -0.39 is 35.8 Å². The van der Waals surface area contributed by atoms with E-state index in [1.165, 1.54) is 6.92 Å². The van der Waals surface area contributed by atoms with Crippen LogP contribution in [0.4, 0.5) is 0 Å². The van der Waals surface area contributed by atoms with Crippen LogP contribution >= 0.6 is 0 Å². The summed E-state index contributed by atoms with van der Waals surface area (Å²) < 4.78 is 22.4. The van der Waals surface area contributed by atoms with Crippen LogP contribution in [0.1, 0.15) is 54.9 Å². The fourth-order valence-electron chi connectivity index (χ4n) is 2.53. The van der Waals surface area contributed by atoms with Crippen molar-refractivity contribution in [3.8, 4) is 0 Å². The first-order valence-corrected chi connectivity index (χ1v) is 9.20. The first-order valence-electron chi connectivity index (χ1n) is 9.20. The number of amides is 1. The van der Waals surface area contributed by atoms with Crippen molar-refractivity contribution in [2.75, 3.05) is 13.2 Å². The lowest BCUT2D eigenvalue weighted by Crippen LogP contribution is -2.60. The van der Waals surface area contributed by atoms with Crippen LogP contribution in [0.5, 0.6) is 0 Å². The first-order chi connectivity index (χ1) is 12.5. The summed E-state index contributed by atoms with van der Waals surface area (Å²) in [5.41, 5.74) is -1.71. The van der Waals surface area contributed by atoms with E-state index in [0.29, 0.717) is 12.3 Å². The van der Waals surface area contributed by atoms with E-state index in [9.17, 15) is 9.59 Å². The van der Waals surface area contributed by atoms with Crippen LogP contribution in [0.25, 0.3) is 0 Å². The molecule has 2 aliphatic rings. The highest BCUT2D eigenvalue weighted by Crippen LogP contribution is 2.39. The van der Waals surface area contributed by atoms with Crippen LogP contribution < -0.4 is 5.32 Å². The van der Waals surface area contributed by atoms with Crippen LogP contribution in [-0.2, 0) is 28.4 Å². The molecule has 2 fully saturated rings. The Balaban J connectivity index is 2.11. The van der Waals surface area contributed by atoms with Crippen molar-refractivity contribution in [2.24, 2.45) is 4.99 Å². The monoisotopic (exact) mass is 380 g/mol. The van der Waals surface area contributed by atoms with Gasteiger partial charge in [0.15, 0.2) is 0 Å². The predicted molar refractivity (Wildman–Crippen MR) is 101 cm³/mol. The standard InChI is InChI=1S/C18H29BN2O6/c1-8-12(19-26-16(3,4)17(5,6)27-19)10-20-13-11-25-18(7,14(22)21-13)15(23)24-9-2/h10H,8-9,11H2,1-7H3,(H,20,21,22)/b12-10+. The van der Waals surface area contributed by atoms with E-state index in [-0.39, 0.29) is 13.2 Å². The van der Waals surface area contributed by atoms with Gasteiger partial charge in [0.2, 0.25) is 5.60 Å².